The van der Waals surface area contributed by atoms with Crippen LogP contribution in [0.15, 0.2) is 0 Å². The molecule has 5 nitrogen and oxygen atoms in total. The van der Waals surface area contributed by atoms with Crippen molar-refractivity contribution in [1.82, 2.24) is 4.90 Å². The van der Waals surface area contributed by atoms with E-state index >= 15 is 0 Å². The minimum Gasteiger partial charge on any atom is -0.390 e. The number of amides is 1. The van der Waals surface area contributed by atoms with Gasteiger partial charge >= 0.3 is 0 Å². The summed E-state index contributed by atoms with van der Waals surface area (Å²) in [5, 5.41) is 9.70. The summed E-state index contributed by atoms with van der Waals surface area (Å²) in [6, 6.07) is 0. The second-order valence-corrected chi connectivity index (χ2v) is 4.22. The molecule has 1 fully saturated rings. The van der Waals surface area contributed by atoms with E-state index in [1.165, 1.54) is 0 Å². The van der Waals surface area contributed by atoms with Crippen LogP contribution in [0.5, 0.6) is 0 Å². The number of ether oxygens (including phenoxy) is 1. The molecule has 88 valence electrons. The van der Waals surface area contributed by atoms with Gasteiger partial charge in [0.05, 0.1) is 12.2 Å². The molecule has 0 radical (unpaired) electrons. The van der Waals surface area contributed by atoms with Gasteiger partial charge in [-0.25, -0.2) is 0 Å². The van der Waals surface area contributed by atoms with Crippen LogP contribution in [-0.4, -0.2) is 54.4 Å². The van der Waals surface area contributed by atoms with Gasteiger partial charge in [-0.2, -0.15) is 0 Å². The first kappa shape index (κ1) is 12.4. The van der Waals surface area contributed by atoms with Gasteiger partial charge in [-0.05, 0) is 19.8 Å². The topological polar surface area (TPSA) is 75.8 Å². The summed E-state index contributed by atoms with van der Waals surface area (Å²) in [4.78, 5) is 13.3. The standard InChI is InChI=1S/C10H20N2O3/c1-10(14)2-5-12(6-3-10)9(13)8-15-7-4-11/h14H,2-8,11H2,1H3. The van der Waals surface area contributed by atoms with Crippen LogP contribution in [0.3, 0.4) is 0 Å². The summed E-state index contributed by atoms with van der Waals surface area (Å²) in [5.41, 5.74) is 4.63. The molecule has 0 saturated carbocycles. The zero-order chi connectivity index (χ0) is 11.3. The number of nitrogens with zero attached hydrogens (tertiary/aromatic N) is 1. The van der Waals surface area contributed by atoms with Crippen LogP contribution in [0.4, 0.5) is 0 Å². The van der Waals surface area contributed by atoms with Crippen LogP contribution in [0.25, 0.3) is 0 Å². The van der Waals surface area contributed by atoms with Crippen molar-refractivity contribution >= 4 is 5.91 Å². The molecule has 0 aromatic carbocycles. The third-order valence-electron chi connectivity index (χ3n) is 2.68. The number of aliphatic hydroxyl groups is 1. The number of hydrogen-bond donors (Lipinski definition) is 2. The van der Waals surface area contributed by atoms with Crippen molar-refractivity contribution in [2.24, 2.45) is 5.73 Å². The Morgan fingerprint density at radius 1 is 1.53 bits per heavy atom. The fourth-order valence-electron chi connectivity index (χ4n) is 1.57. The van der Waals surface area contributed by atoms with E-state index < -0.39 is 5.60 Å². The molecule has 1 aliphatic rings. The molecule has 1 rings (SSSR count). The second-order valence-electron chi connectivity index (χ2n) is 4.22. The van der Waals surface area contributed by atoms with Crippen molar-refractivity contribution in [3.05, 3.63) is 0 Å². The van der Waals surface area contributed by atoms with Gasteiger partial charge in [0.1, 0.15) is 6.61 Å². The Morgan fingerprint density at radius 3 is 2.67 bits per heavy atom. The monoisotopic (exact) mass is 216 g/mol. The van der Waals surface area contributed by atoms with E-state index in [-0.39, 0.29) is 12.5 Å². The normalized spacial score (nSPS) is 20.3. The zero-order valence-electron chi connectivity index (χ0n) is 9.24. The van der Waals surface area contributed by atoms with Crippen molar-refractivity contribution in [3.63, 3.8) is 0 Å². The fourth-order valence-corrected chi connectivity index (χ4v) is 1.57. The van der Waals surface area contributed by atoms with Crippen molar-refractivity contribution in [2.75, 3.05) is 32.8 Å². The number of carbonyl (C=O) groups is 1. The van der Waals surface area contributed by atoms with Crippen molar-refractivity contribution < 1.29 is 14.6 Å². The predicted molar refractivity (Wildman–Crippen MR) is 56.3 cm³/mol. The summed E-state index contributed by atoms with van der Waals surface area (Å²) in [6.45, 7) is 3.97. The van der Waals surface area contributed by atoms with Gasteiger partial charge in [-0.3, -0.25) is 4.79 Å². The summed E-state index contributed by atoms with van der Waals surface area (Å²) >= 11 is 0. The molecule has 0 bridgehead atoms. The maximum absolute atomic E-state index is 11.6. The molecular weight excluding hydrogens is 196 g/mol. The molecule has 1 amide bonds. The minimum atomic E-state index is -0.616. The van der Waals surface area contributed by atoms with Gasteiger partial charge in [0, 0.05) is 19.6 Å². The van der Waals surface area contributed by atoms with Crippen molar-refractivity contribution in [1.29, 1.82) is 0 Å². The van der Waals surface area contributed by atoms with Crippen LogP contribution >= 0.6 is 0 Å². The van der Waals surface area contributed by atoms with Crippen molar-refractivity contribution in [2.45, 2.75) is 25.4 Å². The van der Waals surface area contributed by atoms with Gasteiger partial charge in [-0.1, -0.05) is 0 Å². The molecular formula is C10H20N2O3. The van der Waals surface area contributed by atoms with Crippen LogP contribution in [0.2, 0.25) is 0 Å². The molecule has 0 spiro atoms. The molecule has 1 heterocycles. The number of rotatable bonds is 4. The van der Waals surface area contributed by atoms with Crippen LogP contribution in [-0.2, 0) is 9.53 Å². The highest BCUT2D eigenvalue weighted by molar-refractivity contribution is 5.77. The summed E-state index contributed by atoms with van der Waals surface area (Å²) in [7, 11) is 0. The van der Waals surface area contributed by atoms with Crippen LogP contribution in [0, 0.1) is 0 Å². The average Bonchev–Trinajstić information content (AvgIpc) is 2.18. The Labute approximate surface area is 90.2 Å². The first-order valence-corrected chi connectivity index (χ1v) is 5.33. The lowest BCUT2D eigenvalue weighted by Crippen LogP contribution is -2.46. The molecule has 0 unspecified atom stereocenters. The quantitative estimate of drug-likeness (QED) is 0.611. The zero-order valence-corrected chi connectivity index (χ0v) is 9.24. The molecule has 5 heteroatoms. The minimum absolute atomic E-state index is 0.0149. The average molecular weight is 216 g/mol. The van der Waals surface area contributed by atoms with Crippen LogP contribution < -0.4 is 5.73 Å². The maximum atomic E-state index is 11.6. The van der Waals surface area contributed by atoms with E-state index in [4.69, 9.17) is 10.5 Å². The number of nitrogens with two attached hydrogens (primary N) is 1. The third-order valence-corrected chi connectivity index (χ3v) is 2.68. The van der Waals surface area contributed by atoms with Gasteiger partial charge in [0.25, 0.3) is 0 Å². The van der Waals surface area contributed by atoms with Gasteiger partial charge in [0.15, 0.2) is 0 Å². The third kappa shape index (κ3) is 4.15. The second kappa shape index (κ2) is 5.44. The molecule has 15 heavy (non-hydrogen) atoms. The number of carbonyl (C=O) groups excluding carboxylic acids is 1. The Balaban J connectivity index is 2.24. The first-order valence-electron chi connectivity index (χ1n) is 5.33. The Bertz CT molecular complexity index is 209. The van der Waals surface area contributed by atoms with E-state index in [0.29, 0.717) is 39.1 Å². The summed E-state index contributed by atoms with van der Waals surface area (Å²) < 4.78 is 5.07. The van der Waals surface area contributed by atoms with E-state index in [0.717, 1.165) is 0 Å². The summed E-state index contributed by atoms with van der Waals surface area (Å²) in [6.07, 6.45) is 1.27. The molecule has 0 aromatic rings. The largest absolute Gasteiger partial charge is 0.390 e. The highest BCUT2D eigenvalue weighted by atomic mass is 16.5. The summed E-state index contributed by atoms with van der Waals surface area (Å²) in [5.74, 6) is -0.0149. The molecule has 0 aliphatic carbocycles. The fraction of sp³-hybridized carbons (Fsp3) is 0.900. The number of hydrogen-bond acceptors (Lipinski definition) is 4. The maximum Gasteiger partial charge on any atom is 0.248 e. The highest BCUT2D eigenvalue weighted by Gasteiger charge is 2.29. The molecule has 1 aliphatic heterocycles. The number of piperidine rings is 1. The molecule has 0 aromatic heterocycles. The molecule has 0 atom stereocenters. The lowest BCUT2D eigenvalue weighted by Gasteiger charge is -2.35. The SMILES string of the molecule is CC1(O)CCN(C(=O)COCCN)CC1. The Morgan fingerprint density at radius 2 is 2.13 bits per heavy atom. The molecule has 3 N–H and O–H groups in total. The van der Waals surface area contributed by atoms with E-state index in [9.17, 15) is 9.90 Å². The molecule has 1 saturated heterocycles. The first-order chi connectivity index (χ1) is 7.05. The highest BCUT2D eigenvalue weighted by Crippen LogP contribution is 2.20. The van der Waals surface area contributed by atoms with Crippen molar-refractivity contribution in [3.8, 4) is 0 Å². The van der Waals surface area contributed by atoms with E-state index in [2.05, 4.69) is 0 Å². The number of likely N-dealkylation sites (tertiary alicyclic amines) is 1. The van der Waals surface area contributed by atoms with Crippen LogP contribution in [0.1, 0.15) is 19.8 Å². The smallest absolute Gasteiger partial charge is 0.248 e. The Kier molecular flexibility index (Phi) is 4.50. The lowest BCUT2D eigenvalue weighted by molar-refractivity contribution is -0.139. The Hall–Kier alpha value is -0.650. The van der Waals surface area contributed by atoms with Gasteiger partial charge < -0.3 is 20.5 Å². The van der Waals surface area contributed by atoms with Gasteiger partial charge in [-0.15, -0.1) is 0 Å². The van der Waals surface area contributed by atoms with E-state index in [1.54, 1.807) is 11.8 Å². The van der Waals surface area contributed by atoms with E-state index in [1.807, 2.05) is 0 Å². The van der Waals surface area contributed by atoms with Gasteiger partial charge in [0.2, 0.25) is 5.91 Å². The predicted octanol–water partition coefficient (Wildman–Crippen LogP) is -0.665. The lowest BCUT2D eigenvalue weighted by atomic mass is 9.94.